The Labute approximate surface area is 117 Å². The number of likely N-dealkylation sites (tertiary alicyclic amines) is 1. The lowest BCUT2D eigenvalue weighted by molar-refractivity contribution is 0.0659. The molecule has 0 saturated carbocycles. The van der Waals surface area contributed by atoms with Crippen LogP contribution in [0.5, 0.6) is 0 Å². The first-order chi connectivity index (χ1) is 7.18. The van der Waals surface area contributed by atoms with Crippen LogP contribution in [0.3, 0.4) is 0 Å². The Kier molecular flexibility index (Phi) is 7.01. The molecule has 0 bridgehead atoms. The Morgan fingerprint density at radius 1 is 1.59 bits per heavy atom. The Morgan fingerprint density at radius 3 is 2.82 bits per heavy atom. The fourth-order valence-corrected chi connectivity index (χ4v) is 2.35. The van der Waals surface area contributed by atoms with Crippen molar-refractivity contribution in [1.29, 1.82) is 0 Å². The van der Waals surface area contributed by atoms with Crippen molar-refractivity contribution in [2.45, 2.75) is 19.4 Å². The van der Waals surface area contributed by atoms with Crippen molar-refractivity contribution in [3.63, 3.8) is 0 Å². The minimum Gasteiger partial charge on any atom is -0.337 e. The lowest BCUT2D eigenvalue weighted by Gasteiger charge is -2.34. The summed E-state index contributed by atoms with van der Waals surface area (Å²) < 4.78 is 0. The number of amides is 1. The molecule has 2 heterocycles. The number of halogens is 2. The summed E-state index contributed by atoms with van der Waals surface area (Å²) in [7, 11) is 0. The number of aromatic nitrogens is 1. The van der Waals surface area contributed by atoms with Gasteiger partial charge in [-0.05, 0) is 12.3 Å². The minimum atomic E-state index is 0. The molecule has 4 nitrogen and oxygen atoms in total. The van der Waals surface area contributed by atoms with Crippen LogP contribution >= 0.6 is 36.2 Å². The molecule has 1 aromatic rings. The summed E-state index contributed by atoms with van der Waals surface area (Å²) in [4.78, 5) is 17.8. The highest BCUT2D eigenvalue weighted by Gasteiger charge is 2.27. The fourth-order valence-electron chi connectivity index (χ4n) is 1.83. The van der Waals surface area contributed by atoms with Crippen molar-refractivity contribution >= 4 is 42.1 Å². The maximum absolute atomic E-state index is 11.9. The maximum atomic E-state index is 11.9. The molecule has 2 unspecified atom stereocenters. The zero-order chi connectivity index (χ0) is 10.8. The summed E-state index contributed by atoms with van der Waals surface area (Å²) in [6.45, 7) is 3.59. The van der Waals surface area contributed by atoms with Gasteiger partial charge in [0.05, 0.1) is 5.51 Å². The van der Waals surface area contributed by atoms with Gasteiger partial charge in [-0.25, -0.2) is 4.98 Å². The average molecular weight is 298 g/mol. The van der Waals surface area contributed by atoms with Gasteiger partial charge in [0.1, 0.15) is 5.69 Å². The zero-order valence-electron chi connectivity index (χ0n) is 9.54. The van der Waals surface area contributed by atoms with Crippen molar-refractivity contribution in [3.05, 3.63) is 16.6 Å². The molecule has 1 fully saturated rings. The van der Waals surface area contributed by atoms with Gasteiger partial charge in [0, 0.05) is 24.5 Å². The molecule has 0 radical (unpaired) electrons. The summed E-state index contributed by atoms with van der Waals surface area (Å²) in [5.41, 5.74) is 8.15. The second-order valence-electron chi connectivity index (χ2n) is 4.05. The topological polar surface area (TPSA) is 59.2 Å². The number of nitrogens with two attached hydrogens (primary N) is 1. The van der Waals surface area contributed by atoms with E-state index in [2.05, 4.69) is 11.9 Å². The van der Waals surface area contributed by atoms with Gasteiger partial charge in [-0.2, -0.15) is 0 Å². The smallest absolute Gasteiger partial charge is 0.273 e. The van der Waals surface area contributed by atoms with Gasteiger partial charge in [-0.15, -0.1) is 36.2 Å². The zero-order valence-corrected chi connectivity index (χ0v) is 12.0. The van der Waals surface area contributed by atoms with E-state index in [-0.39, 0.29) is 36.8 Å². The molecule has 0 spiro atoms. The second-order valence-corrected chi connectivity index (χ2v) is 4.77. The third kappa shape index (κ3) is 3.81. The monoisotopic (exact) mass is 297 g/mol. The van der Waals surface area contributed by atoms with Crippen LogP contribution in [0.15, 0.2) is 10.9 Å². The number of thiazole rings is 1. The van der Waals surface area contributed by atoms with Gasteiger partial charge in [-0.3, -0.25) is 4.79 Å². The molecule has 1 aliphatic rings. The normalized spacial score (nSPS) is 23.5. The van der Waals surface area contributed by atoms with Gasteiger partial charge in [-0.1, -0.05) is 6.92 Å². The first kappa shape index (κ1) is 16.6. The molecule has 1 saturated heterocycles. The number of piperidine rings is 1. The van der Waals surface area contributed by atoms with Crippen LogP contribution in [-0.4, -0.2) is 34.9 Å². The Morgan fingerprint density at radius 2 is 2.29 bits per heavy atom. The van der Waals surface area contributed by atoms with Crippen LogP contribution in [0.4, 0.5) is 0 Å². The predicted molar refractivity (Wildman–Crippen MR) is 74.3 cm³/mol. The van der Waals surface area contributed by atoms with Crippen molar-refractivity contribution in [2.75, 3.05) is 13.1 Å². The van der Waals surface area contributed by atoms with E-state index in [1.54, 1.807) is 10.9 Å². The Hall–Kier alpha value is -0.360. The van der Waals surface area contributed by atoms with E-state index in [4.69, 9.17) is 5.73 Å². The van der Waals surface area contributed by atoms with E-state index >= 15 is 0 Å². The average Bonchev–Trinajstić information content (AvgIpc) is 2.74. The molecular formula is C10H17Cl2N3OS. The van der Waals surface area contributed by atoms with Gasteiger partial charge in [0.15, 0.2) is 0 Å². The summed E-state index contributed by atoms with van der Waals surface area (Å²) >= 11 is 1.45. The molecule has 1 amide bonds. The summed E-state index contributed by atoms with van der Waals surface area (Å²) in [6, 6.07) is 0.226. The summed E-state index contributed by atoms with van der Waals surface area (Å²) in [6.07, 6.45) is 0.886. The van der Waals surface area contributed by atoms with Crippen LogP contribution in [0.25, 0.3) is 0 Å². The molecule has 0 aromatic carbocycles. The Bertz CT molecular complexity index is 347. The van der Waals surface area contributed by atoms with Gasteiger partial charge in [0.25, 0.3) is 5.91 Å². The summed E-state index contributed by atoms with van der Waals surface area (Å²) in [5.74, 6) is 0.413. The molecule has 1 aliphatic heterocycles. The number of carbonyl (C=O) groups is 1. The van der Waals surface area contributed by atoms with Crippen molar-refractivity contribution in [2.24, 2.45) is 11.7 Å². The molecular weight excluding hydrogens is 281 g/mol. The summed E-state index contributed by atoms with van der Waals surface area (Å²) in [5, 5.41) is 1.79. The quantitative estimate of drug-likeness (QED) is 0.860. The van der Waals surface area contributed by atoms with Crippen LogP contribution in [-0.2, 0) is 0 Å². The number of rotatable bonds is 1. The van der Waals surface area contributed by atoms with Crippen LogP contribution in [0.1, 0.15) is 23.8 Å². The van der Waals surface area contributed by atoms with Gasteiger partial charge in [0.2, 0.25) is 0 Å². The van der Waals surface area contributed by atoms with E-state index in [1.807, 2.05) is 4.90 Å². The molecule has 2 N–H and O–H groups in total. The van der Waals surface area contributed by atoms with E-state index < -0.39 is 0 Å². The molecule has 2 rings (SSSR count). The van der Waals surface area contributed by atoms with Crippen LogP contribution in [0.2, 0.25) is 0 Å². The standard InChI is InChI=1S/C10H15N3OS.2ClH/c1-7-4-13(3-2-8(7)11)10(14)9-5-15-6-12-9;;/h5-8H,2-4,11H2,1H3;2*1H. The molecule has 98 valence electrons. The van der Waals surface area contributed by atoms with Crippen molar-refractivity contribution in [1.82, 2.24) is 9.88 Å². The lowest BCUT2D eigenvalue weighted by Crippen LogP contribution is -2.48. The molecule has 2 atom stereocenters. The fraction of sp³-hybridized carbons (Fsp3) is 0.600. The van der Waals surface area contributed by atoms with Crippen molar-refractivity contribution < 1.29 is 4.79 Å². The second kappa shape index (κ2) is 7.16. The third-order valence-corrected chi connectivity index (χ3v) is 3.50. The predicted octanol–water partition coefficient (Wildman–Crippen LogP) is 1.80. The third-order valence-electron chi connectivity index (χ3n) is 2.91. The number of hydrogen-bond acceptors (Lipinski definition) is 4. The van der Waals surface area contributed by atoms with E-state index in [0.29, 0.717) is 11.6 Å². The van der Waals surface area contributed by atoms with Crippen molar-refractivity contribution in [3.8, 4) is 0 Å². The first-order valence-corrected chi connectivity index (χ1v) is 6.06. The van der Waals surface area contributed by atoms with Crippen LogP contribution < -0.4 is 5.73 Å². The largest absolute Gasteiger partial charge is 0.337 e. The molecule has 1 aromatic heterocycles. The lowest BCUT2D eigenvalue weighted by atomic mass is 9.95. The molecule has 17 heavy (non-hydrogen) atoms. The van der Waals surface area contributed by atoms with Gasteiger partial charge < -0.3 is 10.6 Å². The SMILES string of the molecule is CC1CN(C(=O)c2cscn2)CCC1N.Cl.Cl. The highest BCUT2D eigenvalue weighted by Crippen LogP contribution is 2.17. The highest BCUT2D eigenvalue weighted by molar-refractivity contribution is 7.07. The number of hydrogen-bond donors (Lipinski definition) is 1. The van der Waals surface area contributed by atoms with E-state index in [9.17, 15) is 4.79 Å². The molecule has 7 heteroatoms. The maximum Gasteiger partial charge on any atom is 0.273 e. The van der Waals surface area contributed by atoms with Crippen LogP contribution in [0, 0.1) is 5.92 Å². The van der Waals surface area contributed by atoms with Gasteiger partial charge >= 0.3 is 0 Å². The highest BCUT2D eigenvalue weighted by atomic mass is 35.5. The first-order valence-electron chi connectivity index (χ1n) is 5.11. The number of carbonyl (C=O) groups excluding carboxylic acids is 1. The van der Waals surface area contributed by atoms with E-state index in [1.165, 1.54) is 11.3 Å². The van der Waals surface area contributed by atoms with E-state index in [0.717, 1.165) is 19.5 Å². The molecule has 0 aliphatic carbocycles. The number of nitrogens with zero attached hydrogens (tertiary/aromatic N) is 2. The Balaban J connectivity index is 0.00000128. The minimum absolute atomic E-state index is 0.